The van der Waals surface area contributed by atoms with E-state index in [9.17, 15) is 0 Å². The molecule has 0 aliphatic carbocycles. The number of nitrogens with one attached hydrogen (secondary N) is 2. The number of anilines is 1. The highest BCUT2D eigenvalue weighted by molar-refractivity contribution is 5.93. The number of benzene rings is 2. The molecule has 0 amide bonds. The van der Waals surface area contributed by atoms with Gasteiger partial charge >= 0.3 is 0 Å². The fourth-order valence-electron chi connectivity index (χ4n) is 3.90. The van der Waals surface area contributed by atoms with Gasteiger partial charge in [0.1, 0.15) is 11.5 Å². The van der Waals surface area contributed by atoms with E-state index >= 15 is 0 Å². The van der Waals surface area contributed by atoms with E-state index < -0.39 is 0 Å². The van der Waals surface area contributed by atoms with Crippen molar-refractivity contribution in [3.05, 3.63) is 54.1 Å². The Bertz CT molecular complexity index is 849. The second-order valence-electron chi connectivity index (χ2n) is 7.89. The lowest BCUT2D eigenvalue weighted by Crippen LogP contribution is -2.46. The number of guanidine groups is 1. The van der Waals surface area contributed by atoms with Gasteiger partial charge in [-0.3, -0.25) is 4.99 Å². The summed E-state index contributed by atoms with van der Waals surface area (Å²) in [5.74, 6) is 2.41. The monoisotopic (exact) mass is 441 g/mol. The summed E-state index contributed by atoms with van der Waals surface area (Å²) in [6.07, 6.45) is 2.76. The zero-order chi connectivity index (χ0) is 22.7. The Labute approximate surface area is 191 Å². The summed E-state index contributed by atoms with van der Waals surface area (Å²) in [7, 11) is 5.17. The molecule has 0 aromatic heterocycles. The minimum Gasteiger partial charge on any atom is -0.497 e. The van der Waals surface area contributed by atoms with E-state index in [0.717, 1.165) is 62.2 Å². The maximum Gasteiger partial charge on any atom is 0.195 e. The second kappa shape index (κ2) is 12.3. The van der Waals surface area contributed by atoms with Crippen LogP contribution in [0.3, 0.4) is 0 Å². The van der Waals surface area contributed by atoms with Gasteiger partial charge in [0.25, 0.3) is 0 Å². The van der Waals surface area contributed by atoms with Crippen LogP contribution in [0.4, 0.5) is 5.69 Å². The SMILES string of the molecule is CN=C(NCC1(c2ccc(OC)cc2)CCOCC1)Nc1cccc(OCCCOC)c1. The average molecular weight is 442 g/mol. The van der Waals surface area contributed by atoms with Crippen LogP contribution in [0.15, 0.2) is 53.5 Å². The molecule has 0 spiro atoms. The average Bonchev–Trinajstić information content (AvgIpc) is 2.85. The van der Waals surface area contributed by atoms with Crippen molar-refractivity contribution >= 4 is 11.6 Å². The number of nitrogens with zero attached hydrogens (tertiary/aromatic N) is 1. The standard InChI is InChI=1S/C25H35N3O4/c1-26-24(28-21-6-4-7-23(18-21)32-15-5-14-29-2)27-19-25(12-16-31-17-13-25)20-8-10-22(30-3)11-9-20/h4,6-11,18H,5,12-17,19H2,1-3H3,(H2,26,27,28). The van der Waals surface area contributed by atoms with Crippen molar-refractivity contribution in [2.75, 3.05) is 59.6 Å². The molecule has 1 aliphatic heterocycles. The van der Waals surface area contributed by atoms with Crippen molar-refractivity contribution < 1.29 is 18.9 Å². The number of rotatable bonds is 10. The van der Waals surface area contributed by atoms with Crippen LogP contribution in [0.25, 0.3) is 0 Å². The minimum atomic E-state index is -0.0194. The molecule has 0 radical (unpaired) electrons. The molecule has 1 aliphatic rings. The Morgan fingerprint density at radius 2 is 1.81 bits per heavy atom. The lowest BCUT2D eigenvalue weighted by molar-refractivity contribution is 0.0514. The molecule has 1 heterocycles. The topological polar surface area (TPSA) is 73.3 Å². The molecule has 0 unspecified atom stereocenters. The van der Waals surface area contributed by atoms with Crippen LogP contribution in [-0.4, -0.2) is 60.2 Å². The Morgan fingerprint density at radius 3 is 2.50 bits per heavy atom. The largest absolute Gasteiger partial charge is 0.497 e. The fourth-order valence-corrected chi connectivity index (χ4v) is 3.90. The number of aliphatic imine (C=N–C) groups is 1. The highest BCUT2D eigenvalue weighted by Gasteiger charge is 2.34. The van der Waals surface area contributed by atoms with E-state index in [2.05, 4.69) is 27.8 Å². The predicted molar refractivity (Wildman–Crippen MR) is 128 cm³/mol. The van der Waals surface area contributed by atoms with Gasteiger partial charge in [0.15, 0.2) is 5.96 Å². The van der Waals surface area contributed by atoms with E-state index in [0.29, 0.717) is 13.2 Å². The summed E-state index contributed by atoms with van der Waals surface area (Å²) in [6.45, 7) is 3.58. The molecular formula is C25H35N3O4. The van der Waals surface area contributed by atoms with Gasteiger partial charge < -0.3 is 29.6 Å². The van der Waals surface area contributed by atoms with Gasteiger partial charge in [0.05, 0.1) is 13.7 Å². The highest BCUT2D eigenvalue weighted by atomic mass is 16.5. The summed E-state index contributed by atoms with van der Waals surface area (Å²) in [4.78, 5) is 4.42. The molecule has 7 heteroatoms. The van der Waals surface area contributed by atoms with E-state index in [1.165, 1.54) is 5.56 Å². The molecule has 0 atom stereocenters. The molecule has 0 bridgehead atoms. The predicted octanol–water partition coefficient (Wildman–Crippen LogP) is 3.85. The zero-order valence-corrected chi connectivity index (χ0v) is 19.4. The Morgan fingerprint density at radius 1 is 1.03 bits per heavy atom. The van der Waals surface area contributed by atoms with Crippen LogP contribution >= 0.6 is 0 Å². The van der Waals surface area contributed by atoms with Crippen LogP contribution in [0.5, 0.6) is 11.5 Å². The van der Waals surface area contributed by atoms with Gasteiger partial charge in [-0.2, -0.15) is 0 Å². The number of hydrogen-bond acceptors (Lipinski definition) is 5. The van der Waals surface area contributed by atoms with Crippen molar-refractivity contribution in [2.24, 2.45) is 4.99 Å². The van der Waals surface area contributed by atoms with Crippen LogP contribution in [-0.2, 0) is 14.9 Å². The summed E-state index contributed by atoms with van der Waals surface area (Å²) in [6, 6.07) is 16.3. The van der Waals surface area contributed by atoms with Gasteiger partial charge in [-0.1, -0.05) is 18.2 Å². The maximum absolute atomic E-state index is 5.81. The second-order valence-corrected chi connectivity index (χ2v) is 7.89. The molecule has 174 valence electrons. The minimum absolute atomic E-state index is 0.0194. The third-order valence-corrected chi connectivity index (χ3v) is 5.83. The quantitative estimate of drug-likeness (QED) is 0.332. The molecule has 7 nitrogen and oxygen atoms in total. The van der Waals surface area contributed by atoms with Crippen molar-refractivity contribution in [1.29, 1.82) is 0 Å². The van der Waals surface area contributed by atoms with E-state index in [-0.39, 0.29) is 5.41 Å². The first-order valence-corrected chi connectivity index (χ1v) is 11.1. The van der Waals surface area contributed by atoms with E-state index in [1.807, 2.05) is 36.4 Å². The smallest absolute Gasteiger partial charge is 0.195 e. The first-order chi connectivity index (χ1) is 15.7. The lowest BCUT2D eigenvalue weighted by atomic mass is 9.74. The molecule has 2 aromatic rings. The lowest BCUT2D eigenvalue weighted by Gasteiger charge is -2.38. The van der Waals surface area contributed by atoms with Crippen molar-refractivity contribution in [3.63, 3.8) is 0 Å². The van der Waals surface area contributed by atoms with Crippen molar-refractivity contribution in [2.45, 2.75) is 24.7 Å². The first kappa shape index (κ1) is 23.9. The van der Waals surface area contributed by atoms with E-state index in [1.54, 1.807) is 21.3 Å². The van der Waals surface area contributed by atoms with Gasteiger partial charge in [0, 0.05) is 64.1 Å². The van der Waals surface area contributed by atoms with E-state index in [4.69, 9.17) is 18.9 Å². The molecule has 32 heavy (non-hydrogen) atoms. The Hall–Kier alpha value is -2.77. The summed E-state index contributed by atoms with van der Waals surface area (Å²) >= 11 is 0. The van der Waals surface area contributed by atoms with Gasteiger partial charge in [-0.15, -0.1) is 0 Å². The Balaban J connectivity index is 1.64. The third kappa shape index (κ3) is 6.61. The molecule has 2 N–H and O–H groups in total. The summed E-state index contributed by atoms with van der Waals surface area (Å²) < 4.78 is 21.9. The summed E-state index contributed by atoms with van der Waals surface area (Å²) in [5, 5.41) is 6.91. The van der Waals surface area contributed by atoms with Gasteiger partial charge in [-0.05, 0) is 42.7 Å². The highest BCUT2D eigenvalue weighted by Crippen LogP contribution is 2.35. The Kier molecular flexibility index (Phi) is 9.19. The van der Waals surface area contributed by atoms with Crippen LogP contribution in [0.1, 0.15) is 24.8 Å². The first-order valence-electron chi connectivity index (χ1n) is 11.1. The normalized spacial score (nSPS) is 15.8. The third-order valence-electron chi connectivity index (χ3n) is 5.83. The van der Waals surface area contributed by atoms with Gasteiger partial charge in [-0.25, -0.2) is 0 Å². The molecule has 3 rings (SSSR count). The van der Waals surface area contributed by atoms with Crippen molar-refractivity contribution in [1.82, 2.24) is 5.32 Å². The fraction of sp³-hybridized carbons (Fsp3) is 0.480. The zero-order valence-electron chi connectivity index (χ0n) is 19.4. The van der Waals surface area contributed by atoms with Gasteiger partial charge in [0.2, 0.25) is 0 Å². The number of hydrogen-bond donors (Lipinski definition) is 2. The van der Waals surface area contributed by atoms with Crippen LogP contribution < -0.4 is 20.1 Å². The van der Waals surface area contributed by atoms with Crippen LogP contribution in [0.2, 0.25) is 0 Å². The maximum atomic E-state index is 5.81. The summed E-state index contributed by atoms with van der Waals surface area (Å²) in [5.41, 5.74) is 2.19. The van der Waals surface area contributed by atoms with Crippen LogP contribution in [0, 0.1) is 0 Å². The molecule has 1 fully saturated rings. The molecule has 0 saturated carbocycles. The molecular weight excluding hydrogens is 406 g/mol. The molecule has 1 saturated heterocycles. The van der Waals surface area contributed by atoms with Crippen molar-refractivity contribution in [3.8, 4) is 11.5 Å². The molecule has 2 aromatic carbocycles. The number of methoxy groups -OCH3 is 2. The number of ether oxygens (including phenoxy) is 4.